The highest BCUT2D eigenvalue weighted by molar-refractivity contribution is 5.78. The van der Waals surface area contributed by atoms with Crippen molar-refractivity contribution in [3.63, 3.8) is 0 Å². The van der Waals surface area contributed by atoms with Gasteiger partial charge in [0, 0.05) is 35.8 Å². The molecule has 156 valence electrons. The molecule has 2 N–H and O–H groups in total. The monoisotopic (exact) mass is 409 g/mol. The molecule has 0 spiro atoms. The minimum Gasteiger partial charge on any atom is -0.362 e. The van der Waals surface area contributed by atoms with E-state index in [1.807, 2.05) is 79.0 Å². The number of pyridine rings is 1. The molecule has 5 heteroatoms. The molecule has 0 saturated carbocycles. The van der Waals surface area contributed by atoms with E-state index in [4.69, 9.17) is 0 Å². The van der Waals surface area contributed by atoms with Gasteiger partial charge in [-0.25, -0.2) is 9.99 Å². The van der Waals surface area contributed by atoms with E-state index in [1.165, 1.54) is 5.57 Å². The molecule has 0 aliphatic carbocycles. The number of allylic oxidation sites excluding steroid dienone is 7. The van der Waals surface area contributed by atoms with Crippen molar-refractivity contribution in [1.29, 1.82) is 0 Å². The first kappa shape index (κ1) is 20.4. The Morgan fingerprint density at radius 1 is 1.16 bits per heavy atom. The third-order valence-corrected chi connectivity index (χ3v) is 5.12. The Balaban J connectivity index is 1.68. The van der Waals surface area contributed by atoms with Gasteiger partial charge in [-0.05, 0) is 55.8 Å². The van der Waals surface area contributed by atoms with Gasteiger partial charge < -0.3 is 10.6 Å². The lowest BCUT2D eigenvalue weighted by Crippen LogP contribution is -2.33. The van der Waals surface area contributed by atoms with Crippen molar-refractivity contribution in [3.8, 4) is 0 Å². The highest BCUT2D eigenvalue weighted by atomic mass is 15.5. The number of hydrogen-bond donors (Lipinski definition) is 2. The molecule has 2 aliphatic rings. The molecule has 1 unspecified atom stereocenters. The van der Waals surface area contributed by atoms with Crippen LogP contribution in [-0.2, 0) is 0 Å². The fourth-order valence-electron chi connectivity index (χ4n) is 3.62. The fourth-order valence-corrected chi connectivity index (χ4v) is 3.62. The Hall–Kier alpha value is -3.86. The Morgan fingerprint density at radius 2 is 2.03 bits per heavy atom. The molecular weight excluding hydrogens is 382 g/mol. The summed E-state index contributed by atoms with van der Waals surface area (Å²) in [6.07, 6.45) is 19.0. The molecule has 4 rings (SSSR count). The maximum absolute atomic E-state index is 4.63. The second-order valence-corrected chi connectivity index (χ2v) is 7.26. The van der Waals surface area contributed by atoms with Crippen LogP contribution in [-0.4, -0.2) is 22.4 Å². The third-order valence-electron chi connectivity index (χ3n) is 5.12. The van der Waals surface area contributed by atoms with Crippen LogP contribution in [0.3, 0.4) is 0 Å². The summed E-state index contributed by atoms with van der Waals surface area (Å²) in [5, 5.41) is 13.7. The molecule has 1 aromatic carbocycles. The first-order valence-corrected chi connectivity index (χ1v) is 10.5. The van der Waals surface area contributed by atoms with Crippen LogP contribution < -0.4 is 10.6 Å². The van der Waals surface area contributed by atoms with Gasteiger partial charge in [-0.15, -0.1) is 0 Å². The van der Waals surface area contributed by atoms with Gasteiger partial charge in [-0.2, -0.15) is 5.10 Å². The summed E-state index contributed by atoms with van der Waals surface area (Å²) in [6.45, 7) is 4.09. The largest absolute Gasteiger partial charge is 0.362 e. The standard InChI is InChI=1S/C26H27N5/c1-3-5-7-11-20(4-2)18-23-26(31-25(30-23)14-10-16-28-31)21-15-17-27-24(19-21)29-22-12-8-6-9-13-22/h3-17,19,25,30H,18H2,1-2H3,(H,27,29)/b5-3+,11-7-,20-4+. The van der Waals surface area contributed by atoms with E-state index in [0.717, 1.165) is 34.9 Å². The quantitative estimate of drug-likeness (QED) is 0.572. The van der Waals surface area contributed by atoms with Crippen LogP contribution in [0.1, 0.15) is 25.8 Å². The van der Waals surface area contributed by atoms with Crippen LogP contribution in [0.15, 0.2) is 108 Å². The molecule has 5 nitrogen and oxygen atoms in total. The van der Waals surface area contributed by atoms with E-state index in [0.29, 0.717) is 0 Å². The normalized spacial score (nSPS) is 18.2. The predicted molar refractivity (Wildman–Crippen MR) is 130 cm³/mol. The number of nitrogens with one attached hydrogen (secondary N) is 2. The molecule has 31 heavy (non-hydrogen) atoms. The van der Waals surface area contributed by atoms with Gasteiger partial charge in [0.15, 0.2) is 0 Å². The van der Waals surface area contributed by atoms with E-state index in [-0.39, 0.29) is 6.17 Å². The molecule has 1 atom stereocenters. The van der Waals surface area contributed by atoms with Crippen molar-refractivity contribution in [3.05, 3.63) is 108 Å². The first-order valence-electron chi connectivity index (χ1n) is 10.5. The first-order chi connectivity index (χ1) is 15.3. The summed E-state index contributed by atoms with van der Waals surface area (Å²) < 4.78 is 0. The average Bonchev–Trinajstić information content (AvgIpc) is 3.17. The van der Waals surface area contributed by atoms with Crippen LogP contribution in [0.5, 0.6) is 0 Å². The van der Waals surface area contributed by atoms with Crippen LogP contribution in [0, 0.1) is 0 Å². The molecule has 3 heterocycles. The number of anilines is 2. The van der Waals surface area contributed by atoms with Crippen LogP contribution >= 0.6 is 0 Å². The Bertz CT molecular complexity index is 1090. The lowest BCUT2D eigenvalue weighted by atomic mass is 10.0. The van der Waals surface area contributed by atoms with E-state index in [2.05, 4.69) is 58.0 Å². The summed E-state index contributed by atoms with van der Waals surface area (Å²) in [5.74, 6) is 0.801. The van der Waals surface area contributed by atoms with Gasteiger partial charge in [0.1, 0.15) is 12.0 Å². The van der Waals surface area contributed by atoms with Crippen molar-refractivity contribution >= 4 is 23.4 Å². The number of hydrazone groups is 1. The lowest BCUT2D eigenvalue weighted by molar-refractivity contribution is 0.354. The summed E-state index contributed by atoms with van der Waals surface area (Å²) in [6, 6.07) is 14.2. The highest BCUT2D eigenvalue weighted by Gasteiger charge is 2.31. The van der Waals surface area contributed by atoms with Gasteiger partial charge >= 0.3 is 0 Å². The minimum atomic E-state index is 0.0197. The number of fused-ring (bicyclic) bond motifs is 1. The number of benzene rings is 1. The summed E-state index contributed by atoms with van der Waals surface area (Å²) in [5.41, 5.74) is 5.53. The van der Waals surface area contributed by atoms with Gasteiger partial charge in [-0.1, -0.05) is 48.6 Å². The third kappa shape index (κ3) is 4.83. The van der Waals surface area contributed by atoms with Crippen LogP contribution in [0.4, 0.5) is 11.5 Å². The number of rotatable bonds is 7. The second-order valence-electron chi connectivity index (χ2n) is 7.26. The molecule has 2 aliphatic heterocycles. The maximum Gasteiger partial charge on any atom is 0.140 e. The van der Waals surface area contributed by atoms with Gasteiger partial charge in [-0.3, -0.25) is 0 Å². The summed E-state index contributed by atoms with van der Waals surface area (Å²) in [7, 11) is 0. The Kier molecular flexibility index (Phi) is 6.43. The topological polar surface area (TPSA) is 52.6 Å². The Labute approximate surface area is 183 Å². The van der Waals surface area contributed by atoms with Crippen molar-refractivity contribution in [1.82, 2.24) is 15.3 Å². The van der Waals surface area contributed by atoms with Gasteiger partial charge in [0.05, 0.1) is 5.70 Å². The second kappa shape index (κ2) is 9.76. The molecule has 0 amide bonds. The zero-order chi connectivity index (χ0) is 21.5. The molecule has 0 radical (unpaired) electrons. The maximum atomic E-state index is 4.63. The SMILES string of the molecule is C\C=C(/C=C\C=C\C)CC1=C(c2ccnc(Nc3ccccc3)c2)N2N=CC=CC2N1. The van der Waals surface area contributed by atoms with E-state index in [1.54, 1.807) is 0 Å². The van der Waals surface area contributed by atoms with E-state index in [9.17, 15) is 0 Å². The van der Waals surface area contributed by atoms with Crippen molar-refractivity contribution in [2.45, 2.75) is 26.4 Å². The van der Waals surface area contributed by atoms with Gasteiger partial charge in [0.2, 0.25) is 0 Å². The number of hydrogen-bond acceptors (Lipinski definition) is 5. The van der Waals surface area contributed by atoms with Crippen LogP contribution in [0.2, 0.25) is 0 Å². The molecular formula is C26H27N5. The highest BCUT2D eigenvalue weighted by Crippen LogP contribution is 2.35. The molecule has 1 aromatic heterocycles. The van der Waals surface area contributed by atoms with Crippen molar-refractivity contribution in [2.75, 3.05) is 5.32 Å². The minimum absolute atomic E-state index is 0.0197. The smallest absolute Gasteiger partial charge is 0.140 e. The fraction of sp³-hybridized carbons (Fsp3) is 0.154. The molecule has 0 bridgehead atoms. The summed E-state index contributed by atoms with van der Waals surface area (Å²) in [4.78, 5) is 4.51. The zero-order valence-electron chi connectivity index (χ0n) is 17.9. The van der Waals surface area contributed by atoms with Crippen molar-refractivity contribution < 1.29 is 0 Å². The number of para-hydroxylation sites is 1. The molecule has 2 aromatic rings. The van der Waals surface area contributed by atoms with Crippen LogP contribution in [0.25, 0.3) is 5.70 Å². The molecule has 0 fully saturated rings. The number of nitrogens with zero attached hydrogens (tertiary/aromatic N) is 3. The Morgan fingerprint density at radius 3 is 2.84 bits per heavy atom. The molecule has 0 saturated heterocycles. The number of aromatic nitrogens is 1. The zero-order valence-corrected chi connectivity index (χ0v) is 17.9. The van der Waals surface area contributed by atoms with E-state index < -0.39 is 0 Å². The predicted octanol–water partition coefficient (Wildman–Crippen LogP) is 5.75. The summed E-state index contributed by atoms with van der Waals surface area (Å²) >= 11 is 0. The van der Waals surface area contributed by atoms with E-state index >= 15 is 0 Å². The van der Waals surface area contributed by atoms with Crippen molar-refractivity contribution in [2.24, 2.45) is 5.10 Å². The van der Waals surface area contributed by atoms with Gasteiger partial charge in [0.25, 0.3) is 0 Å². The average molecular weight is 410 g/mol. The lowest BCUT2D eigenvalue weighted by Gasteiger charge is -2.23.